The Morgan fingerprint density at radius 2 is 2.19 bits per heavy atom. The minimum atomic E-state index is -0.473. The molecule has 1 aliphatic carbocycles. The Morgan fingerprint density at radius 1 is 1.44 bits per heavy atom. The quantitative estimate of drug-likeness (QED) is 0.642. The number of halogens is 2. The fourth-order valence-electron chi connectivity index (χ4n) is 5.42. The Balaban J connectivity index is 1.68. The van der Waals surface area contributed by atoms with E-state index < -0.39 is 5.82 Å². The molecule has 2 heterocycles. The fraction of sp³-hybridized carbons (Fsp3) is 0.423. The predicted molar refractivity (Wildman–Crippen MR) is 128 cm³/mol. The second-order valence-corrected chi connectivity index (χ2v) is 9.62. The van der Waals surface area contributed by atoms with Gasteiger partial charge in [0.05, 0.1) is 27.4 Å². The smallest absolute Gasteiger partial charge is 0.206 e. The lowest BCUT2D eigenvalue weighted by Gasteiger charge is -2.55. The summed E-state index contributed by atoms with van der Waals surface area (Å²) >= 11 is 5.89. The fourth-order valence-corrected chi connectivity index (χ4v) is 5.61. The van der Waals surface area contributed by atoms with Gasteiger partial charge in [-0.2, -0.15) is 0 Å². The number of pyridine rings is 1. The maximum Gasteiger partial charge on any atom is 0.206 e. The van der Waals surface area contributed by atoms with E-state index in [4.69, 9.17) is 18.0 Å². The van der Waals surface area contributed by atoms with Crippen LogP contribution in [0.5, 0.6) is 0 Å². The number of rotatable bonds is 6. The summed E-state index contributed by atoms with van der Waals surface area (Å²) in [7, 11) is 2.08. The lowest BCUT2D eigenvalue weighted by atomic mass is 9.65. The van der Waals surface area contributed by atoms with Gasteiger partial charge in [0.1, 0.15) is 5.82 Å². The molecule has 2 aliphatic rings. The lowest BCUT2D eigenvalue weighted by Crippen LogP contribution is -2.57. The third kappa shape index (κ3) is 3.87. The first-order valence-corrected chi connectivity index (χ1v) is 11.5. The van der Waals surface area contributed by atoms with Gasteiger partial charge in [-0.15, -0.1) is 6.42 Å². The van der Waals surface area contributed by atoms with Crippen molar-refractivity contribution in [3.63, 3.8) is 0 Å². The largest absolute Gasteiger partial charge is 0.381 e. The first-order valence-electron chi connectivity index (χ1n) is 11.1. The maximum absolute atomic E-state index is 14.3. The number of nitrogens with one attached hydrogen (secondary N) is 1. The summed E-state index contributed by atoms with van der Waals surface area (Å²) in [5.74, 6) is 2.87. The minimum Gasteiger partial charge on any atom is -0.381 e. The van der Waals surface area contributed by atoms with Crippen LogP contribution in [0.15, 0.2) is 35.8 Å². The monoisotopic (exact) mass is 453 g/mol. The van der Waals surface area contributed by atoms with Crippen molar-refractivity contribution in [2.24, 2.45) is 5.92 Å². The summed E-state index contributed by atoms with van der Waals surface area (Å²) in [4.78, 5) is 15.5. The van der Waals surface area contributed by atoms with Crippen LogP contribution < -0.4 is 10.7 Å². The van der Waals surface area contributed by atoms with Gasteiger partial charge >= 0.3 is 0 Å². The zero-order chi connectivity index (χ0) is 23.0. The highest BCUT2D eigenvalue weighted by Gasteiger charge is 2.48. The number of terminal acetylenes is 1. The Bertz CT molecular complexity index is 1160. The van der Waals surface area contributed by atoms with Crippen molar-refractivity contribution in [3.05, 3.63) is 74.4 Å². The van der Waals surface area contributed by atoms with E-state index in [2.05, 4.69) is 41.3 Å². The summed E-state index contributed by atoms with van der Waals surface area (Å²) < 4.78 is 16.5. The van der Waals surface area contributed by atoms with E-state index in [1.165, 1.54) is 18.9 Å². The molecule has 168 valence electrons. The first kappa shape index (κ1) is 22.6. The van der Waals surface area contributed by atoms with Crippen molar-refractivity contribution in [1.29, 1.82) is 0 Å². The molecule has 1 spiro atoms. The Morgan fingerprint density at radius 3 is 2.88 bits per heavy atom. The van der Waals surface area contributed by atoms with Gasteiger partial charge in [0.2, 0.25) is 5.43 Å². The van der Waals surface area contributed by atoms with Gasteiger partial charge in [-0.05, 0) is 31.9 Å². The first-order chi connectivity index (χ1) is 15.3. The van der Waals surface area contributed by atoms with E-state index in [9.17, 15) is 9.18 Å². The molecule has 6 heteroatoms. The predicted octanol–water partition coefficient (Wildman–Crippen LogP) is 4.73. The molecule has 0 radical (unpaired) electrons. The van der Waals surface area contributed by atoms with Crippen molar-refractivity contribution >= 4 is 17.3 Å². The molecule has 1 aliphatic heterocycles. The molecule has 4 rings (SSSR count). The summed E-state index contributed by atoms with van der Waals surface area (Å²) in [5, 5.41) is 3.16. The number of hydrogen-bond donors (Lipinski definition) is 1. The van der Waals surface area contributed by atoms with E-state index in [-0.39, 0.29) is 22.5 Å². The summed E-state index contributed by atoms with van der Waals surface area (Å²) in [6.07, 6.45) is 12.3. The van der Waals surface area contributed by atoms with Crippen LogP contribution in [0.4, 0.5) is 4.39 Å². The molecule has 0 bridgehead atoms. The number of likely N-dealkylation sites (N-methyl/N-ethyl adjacent to an activating group) is 1. The van der Waals surface area contributed by atoms with Gasteiger partial charge in [-0.3, -0.25) is 9.69 Å². The lowest BCUT2D eigenvalue weighted by molar-refractivity contribution is 0.00180. The average molecular weight is 454 g/mol. The molecule has 4 nitrogen and oxygen atoms in total. The molecule has 0 saturated heterocycles. The second kappa shape index (κ2) is 8.77. The molecule has 1 aromatic carbocycles. The molecular weight excluding hydrogens is 425 g/mol. The highest BCUT2D eigenvalue weighted by atomic mass is 35.5. The van der Waals surface area contributed by atoms with Gasteiger partial charge in [0.25, 0.3) is 0 Å². The van der Waals surface area contributed by atoms with Crippen LogP contribution in [0.1, 0.15) is 55.0 Å². The van der Waals surface area contributed by atoms with E-state index in [0.717, 1.165) is 25.1 Å². The highest BCUT2D eigenvalue weighted by Crippen LogP contribution is 2.49. The number of aromatic nitrogens is 1. The van der Waals surface area contributed by atoms with E-state index in [1.807, 2.05) is 6.20 Å². The zero-order valence-corrected chi connectivity index (χ0v) is 19.4. The van der Waals surface area contributed by atoms with Gasteiger partial charge in [-0.25, -0.2) is 4.39 Å². The number of nitrogens with zero attached hydrogens (tertiary/aromatic N) is 2. The SMILES string of the molecule is C#Cc1c2n(cc(C(=C)NCc3cccc(Cl)c3F)c1=O)C1(CC(CCC)C1)CN(C)C2. The summed E-state index contributed by atoms with van der Waals surface area (Å²) in [5.41, 5.74) is 2.32. The van der Waals surface area contributed by atoms with Crippen LogP contribution in [0.2, 0.25) is 5.02 Å². The number of fused-ring (bicyclic) bond motifs is 2. The third-order valence-electron chi connectivity index (χ3n) is 6.83. The zero-order valence-electron chi connectivity index (χ0n) is 18.7. The van der Waals surface area contributed by atoms with Crippen molar-refractivity contribution in [1.82, 2.24) is 14.8 Å². The molecule has 0 amide bonds. The van der Waals surface area contributed by atoms with Crippen LogP contribution in [0.3, 0.4) is 0 Å². The minimum absolute atomic E-state index is 0.0461. The van der Waals surface area contributed by atoms with Crippen molar-refractivity contribution < 1.29 is 4.39 Å². The Kier molecular flexibility index (Phi) is 6.20. The molecule has 32 heavy (non-hydrogen) atoms. The van der Waals surface area contributed by atoms with Gasteiger partial charge in [0, 0.05) is 37.1 Å². The topological polar surface area (TPSA) is 37.3 Å². The molecule has 0 atom stereocenters. The van der Waals surface area contributed by atoms with E-state index >= 15 is 0 Å². The molecule has 1 N–H and O–H groups in total. The molecular formula is C26H29ClFN3O. The molecule has 1 fully saturated rings. The molecule has 1 aromatic heterocycles. The van der Waals surface area contributed by atoms with Crippen LogP contribution in [0.25, 0.3) is 5.70 Å². The van der Waals surface area contributed by atoms with Crippen LogP contribution in [-0.2, 0) is 18.6 Å². The highest BCUT2D eigenvalue weighted by molar-refractivity contribution is 6.30. The summed E-state index contributed by atoms with van der Waals surface area (Å²) in [6, 6.07) is 4.85. The molecule has 1 saturated carbocycles. The van der Waals surface area contributed by atoms with E-state index in [0.29, 0.717) is 34.9 Å². The number of hydrogen-bond acceptors (Lipinski definition) is 3. The Hall–Kier alpha value is -2.55. The van der Waals surface area contributed by atoms with Crippen molar-refractivity contribution in [2.75, 3.05) is 13.6 Å². The molecule has 2 aromatic rings. The average Bonchev–Trinajstić information content (AvgIpc) is 2.73. The van der Waals surface area contributed by atoms with E-state index in [1.54, 1.807) is 12.1 Å². The van der Waals surface area contributed by atoms with Gasteiger partial charge in [0.15, 0.2) is 0 Å². The number of benzene rings is 1. The van der Waals surface area contributed by atoms with Crippen LogP contribution in [0, 0.1) is 24.1 Å². The van der Waals surface area contributed by atoms with Crippen molar-refractivity contribution in [2.45, 2.75) is 51.2 Å². The normalized spacial score (nSPS) is 22.2. The summed E-state index contributed by atoms with van der Waals surface area (Å²) in [6.45, 7) is 8.03. The van der Waals surface area contributed by atoms with Crippen LogP contribution in [-0.4, -0.2) is 23.1 Å². The molecule has 0 unspecified atom stereocenters. The van der Waals surface area contributed by atoms with Gasteiger partial charge in [-0.1, -0.05) is 56.0 Å². The standard InChI is InChI=1S/C26H29ClFN3O/c1-5-8-18-11-26(12-18)16-30(4)15-23-20(6-2)25(32)21(14-31(23)26)17(3)29-13-19-9-7-10-22(27)24(19)28/h2,7,9-10,14,18,29H,3,5,8,11-13,15-16H2,1,4H3. The second-order valence-electron chi connectivity index (χ2n) is 9.21. The van der Waals surface area contributed by atoms with Crippen molar-refractivity contribution in [3.8, 4) is 12.3 Å². The third-order valence-corrected chi connectivity index (χ3v) is 7.12. The van der Waals surface area contributed by atoms with Crippen LogP contribution >= 0.6 is 11.6 Å². The maximum atomic E-state index is 14.3. The van der Waals surface area contributed by atoms with Gasteiger partial charge < -0.3 is 9.88 Å². The Labute approximate surface area is 194 Å².